The molecule has 1 aromatic carbocycles. The number of aromatic nitrogens is 2. The SMILES string of the molecule is CN(C)CC(=O)N(C)Cc1nc([C@H]2CC(=O)N(c3ccc(F)cc3)C2)cc(N(C)C)n1. The van der Waals surface area contributed by atoms with Gasteiger partial charge in [0, 0.05) is 51.8 Å². The summed E-state index contributed by atoms with van der Waals surface area (Å²) in [5.74, 6) is 0.756. The van der Waals surface area contributed by atoms with Gasteiger partial charge in [0.15, 0.2) is 0 Å². The number of benzene rings is 1. The van der Waals surface area contributed by atoms with Crippen LogP contribution in [0.1, 0.15) is 23.9 Å². The molecule has 1 fully saturated rings. The minimum Gasteiger partial charge on any atom is -0.363 e. The summed E-state index contributed by atoms with van der Waals surface area (Å²) in [5.41, 5.74) is 1.44. The van der Waals surface area contributed by atoms with Crippen LogP contribution in [0.15, 0.2) is 30.3 Å². The molecule has 2 amide bonds. The van der Waals surface area contributed by atoms with Crippen molar-refractivity contribution in [3.8, 4) is 0 Å². The van der Waals surface area contributed by atoms with Crippen LogP contribution in [0.3, 0.4) is 0 Å². The predicted octanol–water partition coefficient (Wildman–Crippen LogP) is 1.72. The molecular formula is C22H29FN6O2. The lowest BCUT2D eigenvalue weighted by Crippen LogP contribution is -2.35. The summed E-state index contributed by atoms with van der Waals surface area (Å²) in [6.07, 6.45) is 0.316. The standard InChI is InChI=1S/C22H29FN6O2/c1-26(2)14-22(31)28(5)13-19-24-18(11-20(25-19)27(3)4)15-10-21(30)29(12-15)17-8-6-16(23)7-9-17/h6-9,11,15H,10,12-14H2,1-5H3/t15-/m0/s1. The fourth-order valence-electron chi connectivity index (χ4n) is 3.48. The van der Waals surface area contributed by atoms with Crippen molar-refractivity contribution in [3.05, 3.63) is 47.7 Å². The molecule has 1 aromatic heterocycles. The van der Waals surface area contributed by atoms with Gasteiger partial charge in [0.2, 0.25) is 11.8 Å². The lowest BCUT2D eigenvalue weighted by Gasteiger charge is -2.21. The first-order valence-corrected chi connectivity index (χ1v) is 10.1. The van der Waals surface area contributed by atoms with Crippen LogP contribution < -0.4 is 9.80 Å². The van der Waals surface area contributed by atoms with Crippen LogP contribution in [0, 0.1) is 5.82 Å². The maximum atomic E-state index is 13.3. The van der Waals surface area contributed by atoms with E-state index in [1.165, 1.54) is 12.1 Å². The summed E-state index contributed by atoms with van der Waals surface area (Å²) in [7, 11) is 9.20. The second kappa shape index (κ2) is 9.38. The summed E-state index contributed by atoms with van der Waals surface area (Å²) < 4.78 is 13.3. The number of hydrogen-bond donors (Lipinski definition) is 0. The quantitative estimate of drug-likeness (QED) is 0.669. The maximum absolute atomic E-state index is 13.3. The van der Waals surface area contributed by atoms with Gasteiger partial charge in [-0.3, -0.25) is 9.59 Å². The molecule has 8 nitrogen and oxygen atoms in total. The van der Waals surface area contributed by atoms with Gasteiger partial charge in [0.25, 0.3) is 0 Å². The third kappa shape index (κ3) is 5.55. The van der Waals surface area contributed by atoms with Crippen LogP contribution >= 0.6 is 0 Å². The van der Waals surface area contributed by atoms with Gasteiger partial charge in [-0.25, -0.2) is 14.4 Å². The molecule has 0 bridgehead atoms. The first kappa shape index (κ1) is 22.6. The third-order valence-corrected chi connectivity index (χ3v) is 5.17. The largest absolute Gasteiger partial charge is 0.363 e. The highest BCUT2D eigenvalue weighted by molar-refractivity contribution is 5.96. The highest BCUT2D eigenvalue weighted by atomic mass is 19.1. The Morgan fingerprint density at radius 1 is 1.13 bits per heavy atom. The van der Waals surface area contributed by atoms with Gasteiger partial charge in [-0.2, -0.15) is 0 Å². The minimum atomic E-state index is -0.337. The fraction of sp³-hybridized carbons (Fsp3) is 0.455. The summed E-state index contributed by atoms with van der Waals surface area (Å²) in [6.45, 7) is 1.05. The van der Waals surface area contributed by atoms with Crippen LogP contribution in [0.25, 0.3) is 0 Å². The highest BCUT2D eigenvalue weighted by Crippen LogP contribution is 2.32. The molecule has 0 aliphatic carbocycles. The van der Waals surface area contributed by atoms with Crippen LogP contribution in [0.2, 0.25) is 0 Å². The molecule has 0 N–H and O–H groups in total. The van der Waals surface area contributed by atoms with Crippen molar-refractivity contribution in [1.29, 1.82) is 0 Å². The molecule has 0 unspecified atom stereocenters. The molecule has 2 aromatic rings. The Bertz CT molecular complexity index is 948. The molecule has 0 spiro atoms. The van der Waals surface area contributed by atoms with E-state index in [0.29, 0.717) is 31.0 Å². The molecule has 3 rings (SSSR count). The van der Waals surface area contributed by atoms with Crippen LogP contribution in [-0.4, -0.2) is 79.9 Å². The van der Waals surface area contributed by atoms with E-state index in [-0.39, 0.29) is 30.1 Å². The average molecular weight is 429 g/mol. The monoisotopic (exact) mass is 428 g/mol. The second-order valence-electron chi connectivity index (χ2n) is 8.33. The first-order chi connectivity index (χ1) is 14.6. The molecule has 1 aliphatic rings. The lowest BCUT2D eigenvalue weighted by atomic mass is 10.0. The Morgan fingerprint density at radius 3 is 2.42 bits per heavy atom. The third-order valence-electron chi connectivity index (χ3n) is 5.17. The number of carbonyl (C=O) groups excluding carboxylic acids is 2. The summed E-state index contributed by atoms with van der Waals surface area (Å²) >= 11 is 0. The Morgan fingerprint density at radius 2 is 1.81 bits per heavy atom. The van der Waals surface area contributed by atoms with E-state index in [4.69, 9.17) is 4.98 Å². The molecule has 1 saturated heterocycles. The average Bonchev–Trinajstić information content (AvgIpc) is 3.09. The number of halogens is 1. The molecule has 0 radical (unpaired) electrons. The molecule has 1 aliphatic heterocycles. The first-order valence-electron chi connectivity index (χ1n) is 10.1. The van der Waals surface area contributed by atoms with Crippen molar-refractivity contribution >= 4 is 23.3 Å². The number of rotatable bonds is 7. The van der Waals surface area contributed by atoms with E-state index in [9.17, 15) is 14.0 Å². The van der Waals surface area contributed by atoms with Crippen molar-refractivity contribution in [2.24, 2.45) is 0 Å². The zero-order chi connectivity index (χ0) is 22.7. The van der Waals surface area contributed by atoms with Crippen molar-refractivity contribution in [2.75, 3.05) is 58.1 Å². The van der Waals surface area contributed by atoms with Crippen LogP contribution in [0.4, 0.5) is 15.9 Å². The van der Waals surface area contributed by atoms with Crippen molar-refractivity contribution in [1.82, 2.24) is 19.8 Å². The normalized spacial score (nSPS) is 16.2. The Balaban J connectivity index is 1.83. The predicted molar refractivity (Wildman–Crippen MR) is 117 cm³/mol. The van der Waals surface area contributed by atoms with E-state index >= 15 is 0 Å². The highest BCUT2D eigenvalue weighted by Gasteiger charge is 2.33. The molecule has 2 heterocycles. The smallest absolute Gasteiger partial charge is 0.236 e. The zero-order valence-electron chi connectivity index (χ0n) is 18.7. The van der Waals surface area contributed by atoms with E-state index in [1.807, 2.05) is 44.1 Å². The summed E-state index contributed by atoms with van der Waals surface area (Å²) in [5, 5.41) is 0. The topological polar surface area (TPSA) is 72.9 Å². The molecule has 1 atom stereocenters. The fourth-order valence-corrected chi connectivity index (χ4v) is 3.48. The van der Waals surface area contributed by atoms with E-state index in [0.717, 1.165) is 11.5 Å². The van der Waals surface area contributed by atoms with Gasteiger partial charge >= 0.3 is 0 Å². The molecule has 31 heavy (non-hydrogen) atoms. The second-order valence-corrected chi connectivity index (χ2v) is 8.33. The molecule has 166 valence electrons. The Labute approximate surface area is 182 Å². The Hall–Kier alpha value is -3.07. The zero-order valence-corrected chi connectivity index (χ0v) is 18.7. The van der Waals surface area contributed by atoms with E-state index < -0.39 is 0 Å². The van der Waals surface area contributed by atoms with Gasteiger partial charge in [0.05, 0.1) is 18.8 Å². The van der Waals surface area contributed by atoms with Crippen molar-refractivity contribution in [2.45, 2.75) is 18.9 Å². The number of nitrogens with zero attached hydrogens (tertiary/aromatic N) is 6. The Kier molecular flexibility index (Phi) is 6.84. The number of amides is 2. The molecule has 0 saturated carbocycles. The lowest BCUT2D eigenvalue weighted by molar-refractivity contribution is -0.131. The van der Waals surface area contributed by atoms with Crippen LogP contribution in [0.5, 0.6) is 0 Å². The van der Waals surface area contributed by atoms with Gasteiger partial charge in [-0.1, -0.05) is 0 Å². The van der Waals surface area contributed by atoms with E-state index in [1.54, 1.807) is 29.0 Å². The number of carbonyl (C=O) groups is 2. The molecular weight excluding hydrogens is 399 g/mol. The van der Waals surface area contributed by atoms with Gasteiger partial charge in [-0.05, 0) is 38.4 Å². The van der Waals surface area contributed by atoms with Crippen molar-refractivity contribution < 1.29 is 14.0 Å². The number of hydrogen-bond acceptors (Lipinski definition) is 6. The van der Waals surface area contributed by atoms with Gasteiger partial charge < -0.3 is 19.6 Å². The molecule has 9 heteroatoms. The van der Waals surface area contributed by atoms with Crippen molar-refractivity contribution in [3.63, 3.8) is 0 Å². The van der Waals surface area contributed by atoms with Crippen LogP contribution in [-0.2, 0) is 16.1 Å². The summed E-state index contributed by atoms with van der Waals surface area (Å²) in [6, 6.07) is 7.80. The summed E-state index contributed by atoms with van der Waals surface area (Å²) in [4.78, 5) is 41.2. The minimum absolute atomic E-state index is 0.0241. The van der Waals surface area contributed by atoms with Gasteiger partial charge in [-0.15, -0.1) is 0 Å². The number of likely N-dealkylation sites (N-methyl/N-ethyl adjacent to an activating group) is 2. The number of anilines is 2. The van der Waals surface area contributed by atoms with Gasteiger partial charge in [0.1, 0.15) is 17.5 Å². The maximum Gasteiger partial charge on any atom is 0.236 e. The van der Waals surface area contributed by atoms with E-state index in [2.05, 4.69) is 4.98 Å².